The van der Waals surface area contributed by atoms with Crippen LogP contribution in [-0.2, 0) is 0 Å². The van der Waals surface area contributed by atoms with Crippen LogP contribution in [0.5, 0.6) is 0 Å². The second kappa shape index (κ2) is 4.43. The number of hydrogen-bond acceptors (Lipinski definition) is 3. The van der Waals surface area contributed by atoms with E-state index in [9.17, 15) is 4.79 Å². The zero-order chi connectivity index (χ0) is 16.6. The van der Waals surface area contributed by atoms with Crippen LogP contribution in [0.1, 0.15) is 64.4 Å². The molecule has 1 fully saturated rings. The van der Waals surface area contributed by atoms with E-state index in [2.05, 4.69) is 37.2 Å². The molecule has 0 saturated heterocycles. The molecule has 1 aliphatic carbocycles. The van der Waals surface area contributed by atoms with Gasteiger partial charge in [0.1, 0.15) is 5.82 Å². The Balaban J connectivity index is 2.07. The summed E-state index contributed by atoms with van der Waals surface area (Å²) in [5, 5.41) is 0. The molecular formula is C19H25N3O. The molecule has 2 atom stereocenters. The number of hydrogen-bond donors (Lipinski definition) is 0. The molecule has 0 spiro atoms. The highest BCUT2D eigenvalue weighted by atomic mass is 16.1. The Kier molecular flexibility index (Phi) is 2.86. The molecule has 0 N–H and O–H groups in total. The van der Waals surface area contributed by atoms with Gasteiger partial charge in [0.2, 0.25) is 0 Å². The topological polar surface area (TPSA) is 47.2 Å². The molecule has 1 aromatic heterocycles. The van der Waals surface area contributed by atoms with E-state index in [0.717, 1.165) is 30.7 Å². The van der Waals surface area contributed by atoms with Crippen molar-refractivity contribution in [2.45, 2.75) is 59.9 Å². The number of rotatable bonds is 0. The number of nitrogens with zero attached hydrogens (tertiary/aromatic N) is 3. The Morgan fingerprint density at radius 1 is 1.22 bits per heavy atom. The summed E-state index contributed by atoms with van der Waals surface area (Å²) in [5.74, 6) is 1.25. The summed E-state index contributed by atoms with van der Waals surface area (Å²) >= 11 is 0. The minimum Gasteiger partial charge on any atom is -0.328 e. The zero-order valence-electron chi connectivity index (χ0n) is 14.7. The Morgan fingerprint density at radius 3 is 2.70 bits per heavy atom. The van der Waals surface area contributed by atoms with Crippen LogP contribution in [0.3, 0.4) is 0 Å². The van der Waals surface area contributed by atoms with Crippen molar-refractivity contribution in [1.29, 1.82) is 0 Å². The van der Waals surface area contributed by atoms with Crippen molar-refractivity contribution in [3.8, 4) is 0 Å². The third-order valence-electron chi connectivity index (χ3n) is 5.92. The SMILES string of the molecule is Cc1cn2c(nc1=O)C1=C(N=CCC1)C1C2C(C)(C)CC1(C)C. The number of aryl methyl sites for hydroxylation is 1. The lowest BCUT2D eigenvalue weighted by Crippen LogP contribution is -2.37. The number of fused-ring (bicyclic) bond motifs is 5. The standard InChI is InChI=1S/C19H25N3O/c1-11-9-22-15-13(18(2,3)10-19(15,4)5)14-12(7-6-8-20-14)16(22)21-17(11)23/h8-9,13,15H,6-7,10H2,1-5H3. The normalized spacial score (nSPS) is 30.0. The summed E-state index contributed by atoms with van der Waals surface area (Å²) in [4.78, 5) is 21.4. The quantitative estimate of drug-likeness (QED) is 0.732. The van der Waals surface area contributed by atoms with Crippen molar-refractivity contribution in [3.63, 3.8) is 0 Å². The molecule has 4 heteroatoms. The van der Waals surface area contributed by atoms with Gasteiger partial charge < -0.3 is 4.57 Å². The van der Waals surface area contributed by atoms with Crippen LogP contribution in [0.2, 0.25) is 0 Å². The van der Waals surface area contributed by atoms with Crippen LogP contribution in [0.15, 0.2) is 21.7 Å². The maximum atomic E-state index is 12.2. The van der Waals surface area contributed by atoms with E-state index in [1.807, 2.05) is 19.3 Å². The van der Waals surface area contributed by atoms with Gasteiger partial charge >= 0.3 is 0 Å². The minimum absolute atomic E-state index is 0.105. The fraction of sp³-hybridized carbons (Fsp3) is 0.632. The molecule has 0 radical (unpaired) electrons. The smallest absolute Gasteiger partial charge is 0.276 e. The number of aromatic nitrogens is 2. The predicted molar refractivity (Wildman–Crippen MR) is 92.6 cm³/mol. The molecule has 2 aliphatic heterocycles. The summed E-state index contributed by atoms with van der Waals surface area (Å²) in [5.41, 5.74) is 3.35. The largest absolute Gasteiger partial charge is 0.328 e. The molecule has 122 valence electrons. The monoisotopic (exact) mass is 311 g/mol. The lowest BCUT2D eigenvalue weighted by Gasteiger charge is -2.41. The molecule has 0 amide bonds. The first-order valence-corrected chi connectivity index (χ1v) is 8.58. The van der Waals surface area contributed by atoms with Crippen LogP contribution >= 0.6 is 0 Å². The highest BCUT2D eigenvalue weighted by Crippen LogP contribution is 2.64. The maximum absolute atomic E-state index is 12.2. The van der Waals surface area contributed by atoms with E-state index in [1.54, 1.807) is 0 Å². The van der Waals surface area contributed by atoms with Gasteiger partial charge in [-0.15, -0.1) is 0 Å². The number of aliphatic imine (C=N–C) groups is 1. The molecule has 0 aromatic carbocycles. The average Bonchev–Trinajstić information content (AvgIpc) is 2.66. The van der Waals surface area contributed by atoms with Crippen molar-refractivity contribution < 1.29 is 0 Å². The predicted octanol–water partition coefficient (Wildman–Crippen LogP) is 3.75. The van der Waals surface area contributed by atoms with Crippen molar-refractivity contribution in [2.24, 2.45) is 21.7 Å². The van der Waals surface area contributed by atoms with Gasteiger partial charge in [-0.1, -0.05) is 27.7 Å². The summed E-state index contributed by atoms with van der Waals surface area (Å²) in [6, 6.07) is 0.313. The molecule has 4 nitrogen and oxygen atoms in total. The Morgan fingerprint density at radius 2 is 1.96 bits per heavy atom. The molecule has 3 heterocycles. The van der Waals surface area contributed by atoms with E-state index in [4.69, 9.17) is 4.99 Å². The van der Waals surface area contributed by atoms with Gasteiger partial charge in [-0.2, -0.15) is 4.98 Å². The second-order valence-electron chi connectivity index (χ2n) is 8.75. The van der Waals surface area contributed by atoms with Gasteiger partial charge in [0, 0.05) is 35.5 Å². The summed E-state index contributed by atoms with van der Waals surface area (Å²) < 4.78 is 2.30. The van der Waals surface area contributed by atoms with Crippen molar-refractivity contribution in [3.05, 3.63) is 33.6 Å². The minimum atomic E-state index is -0.105. The van der Waals surface area contributed by atoms with E-state index >= 15 is 0 Å². The van der Waals surface area contributed by atoms with Crippen LogP contribution < -0.4 is 5.56 Å². The van der Waals surface area contributed by atoms with E-state index < -0.39 is 0 Å². The lowest BCUT2D eigenvalue weighted by atomic mass is 9.74. The summed E-state index contributed by atoms with van der Waals surface area (Å²) in [7, 11) is 0. The molecule has 1 aromatic rings. The highest BCUT2D eigenvalue weighted by Gasteiger charge is 2.57. The van der Waals surface area contributed by atoms with Crippen LogP contribution in [-0.4, -0.2) is 15.8 Å². The third kappa shape index (κ3) is 1.93. The fourth-order valence-corrected chi connectivity index (χ4v) is 5.40. The number of allylic oxidation sites excluding steroid dienone is 2. The second-order valence-corrected chi connectivity index (χ2v) is 8.75. The maximum Gasteiger partial charge on any atom is 0.276 e. The molecule has 1 saturated carbocycles. The molecule has 0 bridgehead atoms. The van der Waals surface area contributed by atoms with Gasteiger partial charge in [0.25, 0.3) is 5.56 Å². The van der Waals surface area contributed by atoms with Gasteiger partial charge in [0.15, 0.2) is 0 Å². The van der Waals surface area contributed by atoms with Crippen LogP contribution in [0, 0.1) is 23.7 Å². The Labute approximate surface area is 137 Å². The van der Waals surface area contributed by atoms with Crippen molar-refractivity contribution >= 4 is 11.8 Å². The van der Waals surface area contributed by atoms with E-state index in [1.165, 1.54) is 11.3 Å². The molecule has 23 heavy (non-hydrogen) atoms. The molecular weight excluding hydrogens is 286 g/mol. The van der Waals surface area contributed by atoms with E-state index in [0.29, 0.717) is 12.0 Å². The fourth-order valence-electron chi connectivity index (χ4n) is 5.40. The molecule has 2 unspecified atom stereocenters. The average molecular weight is 311 g/mol. The first kappa shape index (κ1) is 14.9. The van der Waals surface area contributed by atoms with Crippen LogP contribution in [0.4, 0.5) is 0 Å². The van der Waals surface area contributed by atoms with Gasteiger partial charge in [-0.05, 0) is 37.0 Å². The highest BCUT2D eigenvalue weighted by molar-refractivity contribution is 5.76. The van der Waals surface area contributed by atoms with Gasteiger partial charge in [-0.25, -0.2) is 0 Å². The van der Waals surface area contributed by atoms with E-state index in [-0.39, 0.29) is 16.4 Å². The van der Waals surface area contributed by atoms with Crippen molar-refractivity contribution in [2.75, 3.05) is 0 Å². The first-order chi connectivity index (χ1) is 10.7. The zero-order valence-corrected chi connectivity index (χ0v) is 14.7. The molecule has 4 rings (SSSR count). The lowest BCUT2D eigenvalue weighted by molar-refractivity contribution is 0.217. The molecule has 3 aliphatic rings. The first-order valence-electron chi connectivity index (χ1n) is 8.58. The van der Waals surface area contributed by atoms with Gasteiger partial charge in [-0.3, -0.25) is 9.79 Å². The third-order valence-corrected chi connectivity index (χ3v) is 5.92. The van der Waals surface area contributed by atoms with Crippen molar-refractivity contribution in [1.82, 2.24) is 9.55 Å². The van der Waals surface area contributed by atoms with Crippen LogP contribution in [0.25, 0.3) is 5.57 Å². The van der Waals surface area contributed by atoms with Gasteiger partial charge in [0.05, 0.1) is 5.70 Å². The summed E-state index contributed by atoms with van der Waals surface area (Å²) in [6.07, 6.45) is 7.09. The Hall–Kier alpha value is -1.71. The Bertz CT molecular complexity index is 810. The summed E-state index contributed by atoms with van der Waals surface area (Å²) in [6.45, 7) is 11.3.